The van der Waals surface area contributed by atoms with Gasteiger partial charge in [0.25, 0.3) is 0 Å². The van der Waals surface area contributed by atoms with Gasteiger partial charge in [-0.05, 0) is 49.1 Å². The van der Waals surface area contributed by atoms with Crippen molar-refractivity contribution in [1.29, 1.82) is 0 Å². The van der Waals surface area contributed by atoms with E-state index in [9.17, 15) is 14.4 Å². The third-order valence-electron chi connectivity index (χ3n) is 6.26. The molecule has 37 heavy (non-hydrogen) atoms. The van der Waals surface area contributed by atoms with Crippen LogP contribution in [0.3, 0.4) is 0 Å². The van der Waals surface area contributed by atoms with Gasteiger partial charge < -0.3 is 20.2 Å². The highest BCUT2D eigenvalue weighted by Gasteiger charge is 2.32. The molecule has 1 aliphatic carbocycles. The van der Waals surface area contributed by atoms with E-state index in [1.807, 2.05) is 18.2 Å². The van der Waals surface area contributed by atoms with Gasteiger partial charge in [-0.1, -0.05) is 25.5 Å². The van der Waals surface area contributed by atoms with Gasteiger partial charge in [-0.25, -0.2) is 0 Å². The Morgan fingerprint density at radius 2 is 2.00 bits per heavy atom. The molecule has 9 nitrogen and oxygen atoms in total. The Balaban J connectivity index is 1.57. The highest BCUT2D eigenvalue weighted by atomic mass is 32.2. The standard InChI is InChI=1S/C27H34N4O5S/c1-18(36-28)20-10-11-24(35-2)21(13-20)14-25(33)31-26(19-7-3-4-8-19)27(34)30-15-23(32)17-37-16-22-9-5-6-12-29-22/h5-6,9-13,19,26H,1,3-4,7-8,14-17,28H2,2H3,(H,30,34)(H,31,33)/t26-/m0/s1. The number of hydrogen-bond acceptors (Lipinski definition) is 8. The van der Waals surface area contributed by atoms with Gasteiger partial charge in [-0.2, -0.15) is 5.90 Å². The molecule has 1 atom stereocenters. The number of nitrogens with two attached hydrogens (primary N) is 1. The molecule has 2 amide bonds. The molecule has 198 valence electrons. The first-order valence-electron chi connectivity index (χ1n) is 12.2. The minimum atomic E-state index is -0.708. The van der Waals surface area contributed by atoms with E-state index < -0.39 is 6.04 Å². The first-order chi connectivity index (χ1) is 17.9. The molecule has 0 spiro atoms. The first-order valence-corrected chi connectivity index (χ1v) is 13.4. The van der Waals surface area contributed by atoms with E-state index in [0.29, 0.717) is 22.6 Å². The van der Waals surface area contributed by atoms with Crippen LogP contribution in [0.15, 0.2) is 49.2 Å². The monoisotopic (exact) mass is 526 g/mol. The van der Waals surface area contributed by atoms with Crippen molar-refractivity contribution in [2.24, 2.45) is 11.8 Å². The number of hydrogen-bond donors (Lipinski definition) is 3. The van der Waals surface area contributed by atoms with Crippen molar-refractivity contribution in [3.63, 3.8) is 0 Å². The van der Waals surface area contributed by atoms with Gasteiger partial charge >= 0.3 is 0 Å². The number of ether oxygens (including phenoxy) is 1. The number of nitrogens with zero attached hydrogens (tertiary/aromatic N) is 1. The third-order valence-corrected chi connectivity index (χ3v) is 7.29. The van der Waals surface area contributed by atoms with E-state index in [1.165, 1.54) is 18.9 Å². The van der Waals surface area contributed by atoms with Crippen molar-refractivity contribution in [3.05, 3.63) is 66.0 Å². The summed E-state index contributed by atoms with van der Waals surface area (Å²) in [5.41, 5.74) is 2.13. The second-order valence-corrected chi connectivity index (χ2v) is 9.89. The molecule has 4 N–H and O–H groups in total. The molecule has 0 unspecified atom stereocenters. The van der Waals surface area contributed by atoms with Crippen LogP contribution in [0.25, 0.3) is 5.76 Å². The molecule has 1 aliphatic rings. The van der Waals surface area contributed by atoms with Gasteiger partial charge in [-0.15, -0.1) is 11.8 Å². The summed E-state index contributed by atoms with van der Waals surface area (Å²) in [6.45, 7) is 3.66. The lowest BCUT2D eigenvalue weighted by atomic mass is 9.96. The zero-order chi connectivity index (χ0) is 26.6. The highest BCUT2D eigenvalue weighted by molar-refractivity contribution is 7.99. The predicted octanol–water partition coefficient (Wildman–Crippen LogP) is 2.79. The molecule has 1 fully saturated rings. The Labute approximate surface area is 221 Å². The van der Waals surface area contributed by atoms with E-state index in [0.717, 1.165) is 31.4 Å². The molecule has 1 heterocycles. The third kappa shape index (κ3) is 8.61. The van der Waals surface area contributed by atoms with E-state index in [1.54, 1.807) is 24.4 Å². The number of carbonyl (C=O) groups excluding carboxylic acids is 3. The Kier molecular flexibility index (Phi) is 11.0. The molecular weight excluding hydrogens is 492 g/mol. The molecule has 2 aromatic rings. The van der Waals surface area contributed by atoms with Crippen molar-refractivity contribution in [1.82, 2.24) is 15.6 Å². The van der Waals surface area contributed by atoms with Crippen LogP contribution in [0.5, 0.6) is 5.75 Å². The van der Waals surface area contributed by atoms with Crippen molar-refractivity contribution in [3.8, 4) is 5.75 Å². The summed E-state index contributed by atoms with van der Waals surface area (Å²) < 4.78 is 5.39. The van der Waals surface area contributed by atoms with Crippen LogP contribution in [-0.2, 0) is 31.4 Å². The molecule has 0 aliphatic heterocycles. The summed E-state index contributed by atoms with van der Waals surface area (Å²) in [4.78, 5) is 47.4. The average molecular weight is 527 g/mol. The maximum absolute atomic E-state index is 13.1. The minimum Gasteiger partial charge on any atom is -0.496 e. The molecular formula is C27H34N4O5S. The highest BCUT2D eigenvalue weighted by Crippen LogP contribution is 2.28. The number of amides is 2. The van der Waals surface area contributed by atoms with Crippen molar-refractivity contribution < 1.29 is 24.0 Å². The van der Waals surface area contributed by atoms with Crippen LogP contribution in [0.2, 0.25) is 0 Å². The average Bonchev–Trinajstić information content (AvgIpc) is 3.45. The van der Waals surface area contributed by atoms with Gasteiger partial charge in [-0.3, -0.25) is 19.4 Å². The fraction of sp³-hybridized carbons (Fsp3) is 0.407. The van der Waals surface area contributed by atoms with Crippen LogP contribution in [0.4, 0.5) is 0 Å². The van der Waals surface area contributed by atoms with Crippen molar-refractivity contribution in [2.45, 2.75) is 43.9 Å². The quantitative estimate of drug-likeness (QED) is 0.253. The summed E-state index contributed by atoms with van der Waals surface area (Å²) in [7, 11) is 1.52. The van der Waals surface area contributed by atoms with Gasteiger partial charge in [0.2, 0.25) is 11.8 Å². The summed E-state index contributed by atoms with van der Waals surface area (Å²) in [6.07, 6.45) is 5.41. The topological polar surface area (TPSA) is 133 Å². The maximum atomic E-state index is 13.1. The number of rotatable bonds is 14. The largest absolute Gasteiger partial charge is 0.496 e. The number of benzene rings is 1. The number of pyridine rings is 1. The van der Waals surface area contributed by atoms with Crippen LogP contribution in [0, 0.1) is 5.92 Å². The second kappa shape index (κ2) is 14.4. The zero-order valence-electron chi connectivity index (χ0n) is 21.0. The lowest BCUT2D eigenvalue weighted by Gasteiger charge is -2.24. The van der Waals surface area contributed by atoms with Gasteiger partial charge in [0.05, 0.1) is 31.5 Å². The van der Waals surface area contributed by atoms with Crippen LogP contribution in [0.1, 0.15) is 42.5 Å². The number of thioether (sulfide) groups is 1. The number of ketones is 1. The molecule has 0 bridgehead atoms. The molecule has 1 aromatic heterocycles. The summed E-state index contributed by atoms with van der Waals surface area (Å²) in [5.74, 6) is 6.17. The summed E-state index contributed by atoms with van der Waals surface area (Å²) >= 11 is 1.45. The zero-order valence-corrected chi connectivity index (χ0v) is 21.9. The van der Waals surface area contributed by atoms with Gasteiger partial charge in [0.15, 0.2) is 5.78 Å². The Hall–Kier alpha value is -3.37. The normalized spacial score (nSPS) is 14.0. The van der Waals surface area contributed by atoms with E-state index in [2.05, 4.69) is 22.2 Å². The summed E-state index contributed by atoms with van der Waals surface area (Å²) in [6, 6.07) is 10.1. The molecule has 10 heteroatoms. The van der Waals surface area contributed by atoms with Crippen LogP contribution in [-0.4, -0.2) is 48.0 Å². The molecule has 0 radical (unpaired) electrons. The Morgan fingerprint density at radius 1 is 1.22 bits per heavy atom. The number of Topliss-reactive ketones (excluding diaryl/α,β-unsaturated/α-hetero) is 1. The van der Waals surface area contributed by atoms with Gasteiger partial charge in [0.1, 0.15) is 17.6 Å². The number of carbonyl (C=O) groups is 3. The van der Waals surface area contributed by atoms with E-state index in [-0.39, 0.29) is 48.0 Å². The molecule has 1 aromatic carbocycles. The van der Waals surface area contributed by atoms with Gasteiger partial charge in [0, 0.05) is 23.1 Å². The first kappa shape index (κ1) is 28.2. The van der Waals surface area contributed by atoms with Crippen LogP contribution >= 0.6 is 11.8 Å². The minimum absolute atomic E-state index is 0.00550. The molecule has 3 rings (SSSR count). The lowest BCUT2D eigenvalue weighted by molar-refractivity contribution is -0.130. The smallest absolute Gasteiger partial charge is 0.243 e. The van der Waals surface area contributed by atoms with Crippen molar-refractivity contribution >= 4 is 35.1 Å². The summed E-state index contributed by atoms with van der Waals surface area (Å²) in [5, 5.41) is 5.63. The van der Waals surface area contributed by atoms with Crippen LogP contribution < -0.4 is 21.3 Å². The number of aromatic nitrogens is 1. The predicted molar refractivity (Wildman–Crippen MR) is 143 cm³/mol. The molecule has 1 saturated carbocycles. The lowest BCUT2D eigenvalue weighted by Crippen LogP contribution is -2.51. The van der Waals surface area contributed by atoms with Crippen molar-refractivity contribution in [2.75, 3.05) is 19.4 Å². The second-order valence-electron chi connectivity index (χ2n) is 8.90. The van der Waals surface area contributed by atoms with E-state index >= 15 is 0 Å². The molecule has 0 saturated heterocycles. The van der Waals surface area contributed by atoms with E-state index in [4.69, 9.17) is 15.5 Å². The maximum Gasteiger partial charge on any atom is 0.243 e. The Bertz CT molecular complexity index is 1090. The fourth-order valence-electron chi connectivity index (χ4n) is 4.34. The number of methoxy groups -OCH3 is 1. The fourth-order valence-corrected chi connectivity index (χ4v) is 5.16. The SMILES string of the molecule is C=C(ON)c1ccc(OC)c(CC(=O)N[C@H](C(=O)NCC(=O)CSCc2ccccn2)C2CCCC2)c1. The Morgan fingerprint density at radius 3 is 2.68 bits per heavy atom. The number of nitrogens with one attached hydrogen (secondary N) is 2.